The van der Waals surface area contributed by atoms with E-state index in [4.69, 9.17) is 0 Å². The predicted molar refractivity (Wildman–Crippen MR) is 71.9 cm³/mol. The van der Waals surface area contributed by atoms with Gasteiger partial charge in [0.1, 0.15) is 0 Å². The van der Waals surface area contributed by atoms with E-state index >= 15 is 0 Å². The molecule has 0 spiro atoms. The van der Waals surface area contributed by atoms with Gasteiger partial charge in [-0.25, -0.2) is 0 Å². The van der Waals surface area contributed by atoms with Gasteiger partial charge >= 0.3 is 0 Å². The molecule has 16 heavy (non-hydrogen) atoms. The first-order chi connectivity index (χ1) is 7.72. The molecule has 0 radical (unpaired) electrons. The minimum Gasteiger partial charge on any atom is -0.350 e. The maximum atomic E-state index is 11.8. The lowest BCUT2D eigenvalue weighted by atomic mass is 9.83. The summed E-state index contributed by atoms with van der Waals surface area (Å²) in [5.74, 6) is 0.245. The molecule has 0 unspecified atom stereocenters. The van der Waals surface area contributed by atoms with E-state index in [1.54, 1.807) is 0 Å². The van der Waals surface area contributed by atoms with Crippen LogP contribution in [0.1, 0.15) is 64.7 Å². The third-order valence-corrected chi connectivity index (χ3v) is 4.55. The Kier molecular flexibility index (Phi) is 6.40. The molecule has 3 heteroatoms. The molecule has 1 rings (SSSR count). The average molecular weight is 290 g/mol. The van der Waals surface area contributed by atoms with Crippen LogP contribution in [0.15, 0.2) is 0 Å². The Labute approximate surface area is 108 Å². The fraction of sp³-hybridized carbons (Fsp3) is 0.923. The van der Waals surface area contributed by atoms with Gasteiger partial charge in [-0.1, -0.05) is 55.0 Å². The molecule has 0 aliphatic heterocycles. The number of carbonyl (C=O) groups excluding carboxylic acids is 1. The number of nitrogens with one attached hydrogen (secondary N) is 1. The first-order valence-electron chi connectivity index (χ1n) is 6.59. The highest BCUT2D eigenvalue weighted by molar-refractivity contribution is 9.09. The van der Waals surface area contributed by atoms with E-state index in [0.717, 1.165) is 31.0 Å². The first-order valence-corrected chi connectivity index (χ1v) is 7.71. The molecule has 1 saturated carbocycles. The Balaban J connectivity index is 2.33. The molecule has 0 aromatic rings. The summed E-state index contributed by atoms with van der Waals surface area (Å²) in [6.07, 6.45) is 10.2. The maximum Gasteiger partial charge on any atom is 0.220 e. The fourth-order valence-electron chi connectivity index (χ4n) is 2.41. The zero-order valence-corrected chi connectivity index (χ0v) is 11.9. The minimum atomic E-state index is 0.0571. The molecule has 0 saturated heterocycles. The molecule has 1 N–H and O–H groups in total. The van der Waals surface area contributed by atoms with E-state index in [1.165, 1.54) is 25.7 Å². The summed E-state index contributed by atoms with van der Waals surface area (Å²) >= 11 is 3.56. The highest BCUT2D eigenvalue weighted by Crippen LogP contribution is 2.29. The topological polar surface area (TPSA) is 29.1 Å². The van der Waals surface area contributed by atoms with Crippen molar-refractivity contribution in [2.24, 2.45) is 0 Å². The molecule has 1 amide bonds. The zero-order chi connectivity index (χ0) is 11.9. The van der Waals surface area contributed by atoms with Crippen molar-refractivity contribution >= 4 is 21.8 Å². The van der Waals surface area contributed by atoms with Crippen molar-refractivity contribution in [2.75, 3.05) is 5.33 Å². The van der Waals surface area contributed by atoms with Crippen LogP contribution in [-0.2, 0) is 4.79 Å². The molecule has 1 aliphatic carbocycles. The maximum absolute atomic E-state index is 11.8. The van der Waals surface area contributed by atoms with Gasteiger partial charge in [-0.15, -0.1) is 0 Å². The number of rotatable bonds is 6. The molecule has 0 heterocycles. The van der Waals surface area contributed by atoms with Gasteiger partial charge in [-0.3, -0.25) is 4.79 Å². The Morgan fingerprint density at radius 2 is 1.94 bits per heavy atom. The molecule has 94 valence electrons. The second-order valence-electron chi connectivity index (χ2n) is 4.98. The summed E-state index contributed by atoms with van der Waals surface area (Å²) in [4.78, 5) is 11.8. The van der Waals surface area contributed by atoms with Crippen molar-refractivity contribution in [3.8, 4) is 0 Å². The number of carbonyl (C=O) groups is 1. The highest BCUT2D eigenvalue weighted by atomic mass is 79.9. The second-order valence-corrected chi connectivity index (χ2v) is 5.54. The summed E-state index contributed by atoms with van der Waals surface area (Å²) in [5, 5.41) is 4.16. The van der Waals surface area contributed by atoms with Gasteiger partial charge < -0.3 is 5.32 Å². The lowest BCUT2D eigenvalue weighted by Crippen LogP contribution is -2.51. The summed E-state index contributed by atoms with van der Waals surface area (Å²) in [5.41, 5.74) is 0.0571. The normalized spacial score (nSPS) is 19.4. The van der Waals surface area contributed by atoms with Crippen LogP contribution in [0.2, 0.25) is 0 Å². The number of unbranched alkanes of at least 4 members (excludes halogenated alkanes) is 2. The molecular weight excluding hydrogens is 266 g/mol. The molecular formula is C13H24BrNO. The van der Waals surface area contributed by atoms with E-state index in [9.17, 15) is 4.79 Å². The fourth-order valence-corrected chi connectivity index (χ4v) is 3.12. The zero-order valence-electron chi connectivity index (χ0n) is 10.4. The lowest BCUT2D eigenvalue weighted by Gasteiger charge is -2.36. The molecule has 0 aromatic heterocycles. The van der Waals surface area contributed by atoms with Gasteiger partial charge in [0.2, 0.25) is 5.91 Å². The SMILES string of the molecule is CCCCCC(=O)NC1(CBr)CCCCC1. The third kappa shape index (κ3) is 4.44. The van der Waals surface area contributed by atoms with Crippen molar-refractivity contribution in [3.63, 3.8) is 0 Å². The lowest BCUT2D eigenvalue weighted by molar-refractivity contribution is -0.123. The van der Waals surface area contributed by atoms with Gasteiger partial charge in [-0.2, -0.15) is 0 Å². The molecule has 1 aliphatic rings. The van der Waals surface area contributed by atoms with Crippen molar-refractivity contribution in [1.82, 2.24) is 5.32 Å². The first kappa shape index (κ1) is 14.0. The number of alkyl halides is 1. The number of hydrogen-bond donors (Lipinski definition) is 1. The van der Waals surface area contributed by atoms with Crippen LogP contribution in [0.25, 0.3) is 0 Å². The van der Waals surface area contributed by atoms with Crippen molar-refractivity contribution < 1.29 is 4.79 Å². The summed E-state index contributed by atoms with van der Waals surface area (Å²) < 4.78 is 0. The van der Waals surface area contributed by atoms with Crippen molar-refractivity contribution in [2.45, 2.75) is 70.3 Å². The standard InChI is InChI=1S/C13H24BrNO/c1-2-3-5-8-12(16)15-13(11-14)9-6-4-7-10-13/h2-11H2,1H3,(H,15,16). The smallest absolute Gasteiger partial charge is 0.220 e. The number of amides is 1. The Morgan fingerprint density at radius 1 is 1.25 bits per heavy atom. The molecule has 0 aromatic carbocycles. The van der Waals surface area contributed by atoms with Gasteiger partial charge in [0.05, 0.1) is 0 Å². The van der Waals surface area contributed by atoms with Crippen molar-refractivity contribution in [3.05, 3.63) is 0 Å². The van der Waals surface area contributed by atoms with Crippen LogP contribution in [-0.4, -0.2) is 16.8 Å². The largest absolute Gasteiger partial charge is 0.350 e. The molecule has 1 fully saturated rings. The minimum absolute atomic E-state index is 0.0571. The summed E-state index contributed by atoms with van der Waals surface area (Å²) in [6, 6.07) is 0. The van der Waals surface area contributed by atoms with Crippen LogP contribution >= 0.6 is 15.9 Å². The van der Waals surface area contributed by atoms with E-state index in [0.29, 0.717) is 6.42 Å². The Morgan fingerprint density at radius 3 is 2.50 bits per heavy atom. The Bertz CT molecular complexity index is 212. The van der Waals surface area contributed by atoms with Gasteiger partial charge in [0.15, 0.2) is 0 Å². The predicted octanol–water partition coefficient (Wildman–Crippen LogP) is 3.78. The van der Waals surface area contributed by atoms with Crippen LogP contribution < -0.4 is 5.32 Å². The quantitative estimate of drug-likeness (QED) is 0.585. The van der Waals surface area contributed by atoms with Crippen LogP contribution in [0.5, 0.6) is 0 Å². The number of halogens is 1. The second kappa shape index (κ2) is 7.31. The highest BCUT2D eigenvalue weighted by Gasteiger charge is 2.31. The average Bonchev–Trinajstić information content (AvgIpc) is 2.30. The van der Waals surface area contributed by atoms with Gasteiger partial charge in [-0.05, 0) is 19.3 Å². The summed E-state index contributed by atoms with van der Waals surface area (Å²) in [6.45, 7) is 2.17. The van der Waals surface area contributed by atoms with Gasteiger partial charge in [0, 0.05) is 17.3 Å². The van der Waals surface area contributed by atoms with Crippen LogP contribution in [0.4, 0.5) is 0 Å². The van der Waals surface area contributed by atoms with Crippen LogP contribution in [0.3, 0.4) is 0 Å². The van der Waals surface area contributed by atoms with Crippen LogP contribution in [0, 0.1) is 0 Å². The van der Waals surface area contributed by atoms with E-state index in [1.807, 2.05) is 0 Å². The third-order valence-electron chi connectivity index (χ3n) is 3.48. The molecule has 0 bridgehead atoms. The molecule has 2 nitrogen and oxygen atoms in total. The monoisotopic (exact) mass is 289 g/mol. The van der Waals surface area contributed by atoms with Crippen molar-refractivity contribution in [1.29, 1.82) is 0 Å². The number of hydrogen-bond acceptors (Lipinski definition) is 1. The van der Waals surface area contributed by atoms with Gasteiger partial charge in [0.25, 0.3) is 0 Å². The van der Waals surface area contributed by atoms with E-state index in [-0.39, 0.29) is 11.4 Å². The van der Waals surface area contributed by atoms with E-state index in [2.05, 4.69) is 28.2 Å². The Hall–Kier alpha value is -0.0500. The molecule has 0 atom stereocenters. The van der Waals surface area contributed by atoms with E-state index < -0.39 is 0 Å². The summed E-state index contributed by atoms with van der Waals surface area (Å²) in [7, 11) is 0.